The Kier molecular flexibility index (Phi) is 11.2. The van der Waals surface area contributed by atoms with Crippen molar-refractivity contribution in [1.29, 1.82) is 0 Å². The molecule has 3 aromatic rings. The number of aliphatic hydroxyl groups is 3. The second-order valence-electron chi connectivity index (χ2n) is 10.6. The number of imidazole rings is 1. The minimum atomic E-state index is -5.59. The van der Waals surface area contributed by atoms with Crippen LogP contribution in [-0.2, 0) is 41.1 Å². The van der Waals surface area contributed by atoms with Crippen LogP contribution in [0, 0.1) is 0 Å². The number of hydrogen-bond acceptors (Lipinski definition) is 19. The molecule has 30 heteroatoms. The number of azide groups is 1. The molecule has 0 aliphatic carbocycles. The number of nitrogens with two attached hydrogens (primary N) is 1. The second kappa shape index (κ2) is 14.8. The predicted octanol–water partition coefficient (Wildman–Crippen LogP) is -2.69. The number of hydrogen-bond donors (Lipinski definition) is 8. The number of aromatic carboxylic acids is 1. The molecule has 0 aromatic carbocycles. The zero-order valence-electron chi connectivity index (χ0n) is 25.0. The Labute approximate surface area is 282 Å². The normalized spacial score (nSPS) is 29.0. The van der Waals surface area contributed by atoms with Crippen LogP contribution in [0.2, 0.25) is 0 Å². The first-order valence-corrected chi connectivity index (χ1v) is 18.3. The van der Waals surface area contributed by atoms with Gasteiger partial charge in [-0.05, 0) is 11.6 Å². The molecule has 5 rings (SSSR count). The lowest BCUT2D eigenvalue weighted by Crippen LogP contribution is -2.46. The van der Waals surface area contributed by atoms with Crippen LogP contribution in [0.5, 0.6) is 0 Å². The van der Waals surface area contributed by atoms with Gasteiger partial charge in [0.25, 0.3) is 6.23 Å². The van der Waals surface area contributed by atoms with E-state index in [1.807, 2.05) is 0 Å². The quantitative estimate of drug-likeness (QED) is 0.0271. The van der Waals surface area contributed by atoms with Crippen molar-refractivity contribution in [2.75, 3.05) is 18.9 Å². The molecule has 27 nitrogen and oxygen atoms in total. The molecule has 0 radical (unpaired) electrons. The maximum absolute atomic E-state index is 12.6. The van der Waals surface area contributed by atoms with Gasteiger partial charge in [0.15, 0.2) is 36.2 Å². The number of nitrogens with zero attached hydrogens (tertiary/aromatic N) is 8. The molecular weight excluding hydrogens is 759 g/mol. The van der Waals surface area contributed by atoms with Crippen LogP contribution in [0.1, 0.15) is 22.8 Å². The Morgan fingerprint density at radius 2 is 1.67 bits per heavy atom. The largest absolute Gasteiger partial charge is 0.545 e. The summed E-state index contributed by atoms with van der Waals surface area (Å²) >= 11 is 0. The van der Waals surface area contributed by atoms with Crippen molar-refractivity contribution in [3.63, 3.8) is 0 Å². The number of carboxylic acid groups (broad SMARTS) is 1. The number of ether oxygens (including phenoxy) is 2. The number of pyridine rings is 1. The highest BCUT2D eigenvalue weighted by atomic mass is 31.3. The summed E-state index contributed by atoms with van der Waals surface area (Å²) in [7, 11) is -16.5. The summed E-state index contributed by atoms with van der Waals surface area (Å²) in [4.78, 5) is 64.6. The number of fused-ring (bicyclic) bond motifs is 1. The Hall–Kier alpha value is -3.55. The maximum Gasteiger partial charge on any atom is 0.481 e. The highest BCUT2D eigenvalue weighted by Gasteiger charge is 2.51. The number of carboxylic acids is 1. The first kappa shape index (κ1) is 38.7. The Balaban J connectivity index is 1.22. The average molecular weight is 785 g/mol. The summed E-state index contributed by atoms with van der Waals surface area (Å²) in [6.07, 6.45) is -10.00. The molecule has 2 fully saturated rings. The maximum atomic E-state index is 12.6. The first-order chi connectivity index (χ1) is 23.8. The highest BCUT2D eigenvalue weighted by molar-refractivity contribution is 7.61. The van der Waals surface area contributed by atoms with Crippen molar-refractivity contribution >= 4 is 52.1 Å². The number of phosphoric ester groups is 3. The molecule has 3 aromatic heterocycles. The Morgan fingerprint density at radius 1 is 1.02 bits per heavy atom. The minimum Gasteiger partial charge on any atom is -0.545 e. The molecule has 0 amide bonds. The molecule has 2 saturated heterocycles. The highest BCUT2D eigenvalue weighted by Crippen LogP contribution is 2.61. The van der Waals surface area contributed by atoms with Gasteiger partial charge in [-0.15, -0.1) is 0 Å². The summed E-state index contributed by atoms with van der Waals surface area (Å²) in [5, 5.41) is 46.3. The molecule has 2 aliphatic rings. The van der Waals surface area contributed by atoms with Gasteiger partial charge in [-0.25, -0.2) is 28.6 Å². The van der Waals surface area contributed by atoms with Gasteiger partial charge >= 0.3 is 23.5 Å². The molecule has 2 unspecified atom stereocenters. The van der Waals surface area contributed by atoms with Gasteiger partial charge in [0.05, 0.1) is 31.1 Å². The van der Waals surface area contributed by atoms with E-state index >= 15 is 0 Å². The van der Waals surface area contributed by atoms with Gasteiger partial charge in [-0.1, -0.05) is 5.11 Å². The fourth-order valence-corrected chi connectivity index (χ4v) is 7.62. The molecule has 2 aliphatic heterocycles. The van der Waals surface area contributed by atoms with Crippen LogP contribution in [0.4, 0.5) is 11.5 Å². The van der Waals surface area contributed by atoms with E-state index in [9.17, 15) is 58.5 Å². The summed E-state index contributed by atoms with van der Waals surface area (Å²) in [6.45, 7) is -2.19. The van der Waals surface area contributed by atoms with Crippen LogP contribution < -0.4 is 15.4 Å². The van der Waals surface area contributed by atoms with Crippen LogP contribution >= 0.6 is 23.5 Å². The van der Waals surface area contributed by atoms with Gasteiger partial charge < -0.3 is 60.0 Å². The van der Waals surface area contributed by atoms with E-state index in [1.165, 1.54) is 0 Å². The SMILES string of the molecule is [N-]=[N+]=Nc1cc(C(=O)[O-])c[n+]([C@H]2O[C@@H](COP(=O)(O)OP(=O)(O)OC[C@H]3O[C@@H](n4cnc5c(N)ncnc54)[C@H](OP(=O)(O)O)[C@@H]3O)[C@H](O)[C@@H]2O)c1. The van der Waals surface area contributed by atoms with Crippen molar-refractivity contribution in [1.82, 2.24) is 19.5 Å². The summed E-state index contributed by atoms with van der Waals surface area (Å²) in [5.41, 5.74) is 13.7. The lowest BCUT2D eigenvalue weighted by molar-refractivity contribution is -0.765. The van der Waals surface area contributed by atoms with Crippen LogP contribution in [0.15, 0.2) is 36.2 Å². The number of carbonyl (C=O) groups excluding carboxylic acids is 1. The molecule has 10 atom stereocenters. The van der Waals surface area contributed by atoms with Gasteiger partial charge in [0.1, 0.15) is 48.1 Å². The first-order valence-electron chi connectivity index (χ1n) is 13.8. The molecule has 9 N–H and O–H groups in total. The third kappa shape index (κ3) is 8.92. The topological polar surface area (TPSA) is 411 Å². The van der Waals surface area contributed by atoms with Crippen molar-refractivity contribution in [2.24, 2.45) is 5.11 Å². The number of nitrogen functional groups attached to an aromatic ring is 1. The molecule has 51 heavy (non-hydrogen) atoms. The van der Waals surface area contributed by atoms with Gasteiger partial charge in [0, 0.05) is 4.91 Å². The Morgan fingerprint density at radius 3 is 2.27 bits per heavy atom. The van der Waals surface area contributed by atoms with Crippen molar-refractivity contribution in [3.8, 4) is 0 Å². The minimum absolute atomic E-state index is 0.0205. The van der Waals surface area contributed by atoms with E-state index in [1.54, 1.807) is 0 Å². The molecule has 278 valence electrons. The van der Waals surface area contributed by atoms with Gasteiger partial charge in [-0.2, -0.15) is 8.88 Å². The van der Waals surface area contributed by atoms with Crippen LogP contribution in [-0.4, -0.2) is 110 Å². The van der Waals surface area contributed by atoms with E-state index in [2.05, 4.69) is 42.9 Å². The summed E-state index contributed by atoms with van der Waals surface area (Å²) < 4.78 is 68.0. The zero-order valence-corrected chi connectivity index (χ0v) is 27.7. The number of phosphoric acid groups is 3. The van der Waals surface area contributed by atoms with E-state index in [0.29, 0.717) is 0 Å². The van der Waals surface area contributed by atoms with Crippen molar-refractivity contribution < 1.29 is 90.4 Å². The monoisotopic (exact) mass is 785 g/mol. The number of rotatable bonds is 14. The van der Waals surface area contributed by atoms with Crippen LogP contribution in [0.25, 0.3) is 21.6 Å². The Bertz CT molecular complexity index is 1970. The molecule has 0 spiro atoms. The average Bonchev–Trinajstić information content (AvgIpc) is 3.68. The van der Waals surface area contributed by atoms with E-state index in [4.69, 9.17) is 20.7 Å². The lowest BCUT2D eigenvalue weighted by atomic mass is 10.1. The van der Waals surface area contributed by atoms with Crippen LogP contribution in [0.3, 0.4) is 0 Å². The number of carbonyl (C=O) groups is 1. The number of aliphatic hydroxyl groups excluding tert-OH is 3. The van der Waals surface area contributed by atoms with E-state index < -0.39 is 97.3 Å². The standard InChI is InChI=1S/C21H26N9O18P3/c22-17-12-18(25-6-24-17)30(7-26-12)20-16(47-49(36,37)38)14(32)11(46-20)5-44-51(41,42)48-50(39,40)43-4-10-13(31)15(33)19(45-10)29-2-8(21(34)35)1-9(3-29)27-28-23/h1-3,6-7,10-11,13-16,19-20,31-33H,4-5H2,(H6-,22,24,25,34,35,36,37,38,39,40,41,42)/t10-,11+,13-,14+,15-,16+,19-,20+/m0/s1. The molecule has 0 saturated carbocycles. The van der Waals surface area contributed by atoms with Crippen molar-refractivity contribution in [3.05, 3.63) is 47.1 Å². The van der Waals surface area contributed by atoms with E-state index in [-0.39, 0.29) is 22.7 Å². The fourth-order valence-electron chi connectivity index (χ4n) is 4.98. The lowest BCUT2D eigenvalue weighted by Gasteiger charge is -2.22. The van der Waals surface area contributed by atoms with Gasteiger partial charge in [-0.3, -0.25) is 18.1 Å². The van der Waals surface area contributed by atoms with Gasteiger partial charge in [0.2, 0.25) is 0 Å². The summed E-state index contributed by atoms with van der Waals surface area (Å²) in [5.74, 6) is -1.78. The zero-order chi connectivity index (χ0) is 37.5. The molecule has 5 heterocycles. The third-order valence-electron chi connectivity index (χ3n) is 7.14. The van der Waals surface area contributed by atoms with Crippen molar-refractivity contribution in [2.45, 2.75) is 49.1 Å². The second-order valence-corrected chi connectivity index (χ2v) is 14.8. The molecular formula is C21H26N9O18P3. The number of anilines is 1. The smallest absolute Gasteiger partial charge is 0.481 e. The number of aromatic nitrogens is 5. The fraction of sp³-hybridized carbons (Fsp3) is 0.476. The predicted molar refractivity (Wildman–Crippen MR) is 155 cm³/mol. The molecule has 0 bridgehead atoms. The summed E-state index contributed by atoms with van der Waals surface area (Å²) in [6, 6.07) is 0.943. The third-order valence-corrected chi connectivity index (χ3v) is 10.3. The van der Waals surface area contributed by atoms with E-state index in [0.717, 1.165) is 40.2 Å².